The lowest BCUT2D eigenvalue weighted by Crippen LogP contribution is -2.38. The zero-order valence-corrected chi connectivity index (χ0v) is 15.9. The van der Waals surface area contributed by atoms with Crippen LogP contribution < -0.4 is 4.90 Å². The Morgan fingerprint density at radius 2 is 2.00 bits per heavy atom. The van der Waals surface area contributed by atoms with Crippen molar-refractivity contribution in [2.75, 3.05) is 24.5 Å². The van der Waals surface area contributed by atoms with E-state index in [-0.39, 0.29) is 0 Å². The highest BCUT2D eigenvalue weighted by Gasteiger charge is 2.33. The fraction of sp³-hybridized carbons (Fsp3) is 0.350. The summed E-state index contributed by atoms with van der Waals surface area (Å²) in [5, 5.41) is 0. The molecule has 1 unspecified atom stereocenters. The largest absolute Gasteiger partial charge is 0.434 e. The summed E-state index contributed by atoms with van der Waals surface area (Å²) in [6.45, 7) is 2.40. The summed E-state index contributed by atoms with van der Waals surface area (Å²) >= 11 is 0. The first kappa shape index (κ1) is 18.7. The predicted octanol–water partition coefficient (Wildman–Crippen LogP) is 3.43. The fourth-order valence-corrected chi connectivity index (χ4v) is 3.93. The second kappa shape index (κ2) is 7.19. The molecule has 1 atom stereocenters. The molecule has 1 fully saturated rings. The summed E-state index contributed by atoms with van der Waals surface area (Å²) in [6, 6.07) is 1.82. The minimum absolute atomic E-state index is 0.302. The zero-order valence-electron chi connectivity index (χ0n) is 15.9. The molecule has 3 aromatic rings. The quantitative estimate of drug-likeness (QED) is 0.658. The predicted molar refractivity (Wildman–Crippen MR) is 105 cm³/mol. The number of anilines is 1. The van der Waals surface area contributed by atoms with E-state index < -0.39 is 11.9 Å². The van der Waals surface area contributed by atoms with E-state index in [9.17, 15) is 13.2 Å². The number of fused-ring (bicyclic) bond motifs is 1. The normalized spacial score (nSPS) is 19.5. The Labute approximate surface area is 170 Å². The van der Waals surface area contributed by atoms with Crippen LogP contribution in [0, 0.1) is 5.92 Å². The van der Waals surface area contributed by atoms with Crippen molar-refractivity contribution >= 4 is 17.2 Å². The van der Waals surface area contributed by atoms with Gasteiger partial charge in [0.1, 0.15) is 11.5 Å². The number of imidazole rings is 1. The van der Waals surface area contributed by atoms with E-state index in [1.165, 1.54) is 10.6 Å². The molecule has 10 heteroatoms. The van der Waals surface area contributed by atoms with Crippen LogP contribution in [0.25, 0.3) is 17.2 Å². The highest BCUT2D eigenvalue weighted by Crippen LogP contribution is 2.29. The number of nitrogens with zero attached hydrogens (tertiary/aromatic N) is 7. The third-order valence-electron chi connectivity index (χ3n) is 5.39. The first-order chi connectivity index (χ1) is 14.5. The SMILES string of the molecule is FC(F)(F)c1cn2c(-c3nccc(N4CCCC(C5=NCC=C5)C4)n3)cnc2cn1. The molecule has 0 saturated carbocycles. The molecule has 0 aliphatic carbocycles. The Kier molecular flexibility index (Phi) is 4.48. The van der Waals surface area contributed by atoms with E-state index in [4.69, 9.17) is 0 Å². The van der Waals surface area contributed by atoms with Crippen LogP contribution in [-0.2, 0) is 6.18 Å². The van der Waals surface area contributed by atoms with Crippen LogP contribution in [0.4, 0.5) is 19.0 Å². The molecule has 3 aromatic heterocycles. The van der Waals surface area contributed by atoms with Crippen molar-refractivity contribution in [3.63, 3.8) is 0 Å². The van der Waals surface area contributed by atoms with Crippen molar-refractivity contribution in [2.24, 2.45) is 10.9 Å². The average molecular weight is 413 g/mol. The summed E-state index contributed by atoms with van der Waals surface area (Å²) in [7, 11) is 0. The van der Waals surface area contributed by atoms with Gasteiger partial charge in [-0.25, -0.2) is 19.9 Å². The second-order valence-electron chi connectivity index (χ2n) is 7.33. The Balaban J connectivity index is 1.47. The Morgan fingerprint density at radius 3 is 2.80 bits per heavy atom. The number of piperidine rings is 1. The topological polar surface area (TPSA) is 71.6 Å². The smallest absolute Gasteiger partial charge is 0.356 e. The van der Waals surface area contributed by atoms with Crippen LogP contribution in [0.1, 0.15) is 18.5 Å². The minimum Gasteiger partial charge on any atom is -0.356 e. The molecule has 0 radical (unpaired) electrons. The maximum absolute atomic E-state index is 13.1. The van der Waals surface area contributed by atoms with E-state index in [1.54, 1.807) is 6.20 Å². The molecular weight excluding hydrogens is 395 g/mol. The molecule has 5 heterocycles. The third-order valence-corrected chi connectivity index (χ3v) is 5.39. The van der Waals surface area contributed by atoms with Gasteiger partial charge in [-0.05, 0) is 25.0 Å². The lowest BCUT2D eigenvalue weighted by Gasteiger charge is -2.33. The minimum atomic E-state index is -4.54. The van der Waals surface area contributed by atoms with Crippen LogP contribution >= 0.6 is 0 Å². The van der Waals surface area contributed by atoms with Crippen LogP contribution in [0.15, 0.2) is 48.0 Å². The number of rotatable bonds is 3. The fourth-order valence-electron chi connectivity index (χ4n) is 3.93. The van der Waals surface area contributed by atoms with Crippen LogP contribution in [0.3, 0.4) is 0 Å². The number of allylic oxidation sites excluding steroid dienone is 1. The van der Waals surface area contributed by atoms with E-state index >= 15 is 0 Å². The standard InChI is InChI=1S/C20H18F3N7/c21-20(22,23)16-12-30-15(9-27-18(30)10-26-16)19-25-7-5-17(28-19)29-8-2-3-13(11-29)14-4-1-6-24-14/h1,4-5,7,9-10,12-13H,2-3,6,8,11H2. The zero-order chi connectivity index (χ0) is 20.7. The van der Waals surface area contributed by atoms with Gasteiger partial charge in [-0.1, -0.05) is 6.08 Å². The van der Waals surface area contributed by atoms with Gasteiger partial charge in [0.25, 0.3) is 0 Å². The molecule has 0 aromatic carbocycles. The van der Waals surface area contributed by atoms with Crippen LogP contribution in [0.5, 0.6) is 0 Å². The van der Waals surface area contributed by atoms with E-state index in [1.807, 2.05) is 6.07 Å². The third kappa shape index (κ3) is 3.42. The first-order valence-corrected chi connectivity index (χ1v) is 9.68. The van der Waals surface area contributed by atoms with Gasteiger partial charge in [0, 0.05) is 37.1 Å². The maximum atomic E-state index is 13.1. The Bertz CT molecular complexity index is 1150. The molecule has 7 nitrogen and oxygen atoms in total. The van der Waals surface area contributed by atoms with Gasteiger partial charge in [-0.3, -0.25) is 9.39 Å². The molecule has 30 heavy (non-hydrogen) atoms. The summed E-state index contributed by atoms with van der Waals surface area (Å²) < 4.78 is 40.6. The van der Waals surface area contributed by atoms with Crippen LogP contribution in [0.2, 0.25) is 0 Å². The van der Waals surface area contributed by atoms with Gasteiger partial charge in [-0.15, -0.1) is 0 Å². The Hall–Kier alpha value is -3.30. The van der Waals surface area contributed by atoms with Crippen molar-refractivity contribution in [2.45, 2.75) is 19.0 Å². The van der Waals surface area contributed by atoms with E-state index in [0.29, 0.717) is 23.1 Å². The van der Waals surface area contributed by atoms with Crippen molar-refractivity contribution in [1.82, 2.24) is 24.3 Å². The molecule has 154 valence electrons. The van der Waals surface area contributed by atoms with Crippen molar-refractivity contribution < 1.29 is 13.2 Å². The molecule has 0 amide bonds. The molecule has 2 aliphatic heterocycles. The molecule has 5 rings (SSSR count). The summed E-state index contributed by atoms with van der Waals surface area (Å²) in [5.74, 6) is 1.42. The number of aliphatic imine (C=N–C) groups is 1. The molecule has 0 N–H and O–H groups in total. The van der Waals surface area contributed by atoms with Gasteiger partial charge < -0.3 is 4.90 Å². The van der Waals surface area contributed by atoms with Crippen LogP contribution in [-0.4, -0.2) is 49.7 Å². The number of alkyl halides is 3. The summed E-state index contributed by atoms with van der Waals surface area (Å²) in [4.78, 5) is 23.2. The molecule has 1 saturated heterocycles. The number of aromatic nitrogens is 5. The van der Waals surface area contributed by atoms with Crippen molar-refractivity contribution in [3.05, 3.63) is 48.7 Å². The van der Waals surface area contributed by atoms with Gasteiger partial charge in [0.15, 0.2) is 17.2 Å². The monoisotopic (exact) mass is 413 g/mol. The molecule has 0 spiro atoms. The van der Waals surface area contributed by atoms with Crippen molar-refractivity contribution in [3.8, 4) is 11.5 Å². The first-order valence-electron chi connectivity index (χ1n) is 9.68. The number of halogens is 3. The maximum Gasteiger partial charge on any atom is 0.434 e. The highest BCUT2D eigenvalue weighted by molar-refractivity contribution is 5.98. The Morgan fingerprint density at radius 1 is 1.10 bits per heavy atom. The lowest BCUT2D eigenvalue weighted by atomic mass is 9.93. The average Bonchev–Trinajstić information content (AvgIpc) is 3.43. The second-order valence-corrected chi connectivity index (χ2v) is 7.33. The summed E-state index contributed by atoms with van der Waals surface area (Å²) in [6.07, 6.45) is 6.82. The lowest BCUT2D eigenvalue weighted by molar-refractivity contribution is -0.141. The van der Waals surface area contributed by atoms with Gasteiger partial charge >= 0.3 is 6.18 Å². The van der Waals surface area contributed by atoms with Gasteiger partial charge in [0.2, 0.25) is 0 Å². The van der Waals surface area contributed by atoms with Crippen molar-refractivity contribution in [1.29, 1.82) is 0 Å². The highest BCUT2D eigenvalue weighted by atomic mass is 19.4. The number of hydrogen-bond donors (Lipinski definition) is 0. The molecular formula is C20H18F3N7. The summed E-state index contributed by atoms with van der Waals surface area (Å²) in [5.41, 5.74) is 0.824. The van der Waals surface area contributed by atoms with Gasteiger partial charge in [-0.2, -0.15) is 13.2 Å². The van der Waals surface area contributed by atoms with Gasteiger partial charge in [0.05, 0.1) is 18.9 Å². The van der Waals surface area contributed by atoms with E-state index in [0.717, 1.165) is 56.4 Å². The molecule has 2 aliphatic rings. The number of hydrogen-bond acceptors (Lipinski definition) is 6. The molecule has 0 bridgehead atoms. The van der Waals surface area contributed by atoms with E-state index in [2.05, 4.69) is 42.0 Å².